The summed E-state index contributed by atoms with van der Waals surface area (Å²) in [6, 6.07) is 11.9. The molecule has 1 aliphatic heterocycles. The van der Waals surface area contributed by atoms with Crippen LogP contribution in [0.1, 0.15) is 29.8 Å². The zero-order valence-corrected chi connectivity index (χ0v) is 18.9. The number of ether oxygens (including phenoxy) is 1. The van der Waals surface area contributed by atoms with Gasteiger partial charge in [0.15, 0.2) is 0 Å². The number of halogens is 2. The molecule has 0 bridgehead atoms. The lowest BCUT2D eigenvalue weighted by Crippen LogP contribution is -2.34. The molecule has 8 heteroatoms. The van der Waals surface area contributed by atoms with Crippen LogP contribution in [-0.4, -0.2) is 23.9 Å². The molecule has 0 radical (unpaired) electrons. The van der Waals surface area contributed by atoms with Gasteiger partial charge >= 0.3 is 5.97 Å². The molecule has 1 aliphatic rings. The van der Waals surface area contributed by atoms with Crippen LogP contribution in [0.4, 0.5) is 11.4 Å². The van der Waals surface area contributed by atoms with Crippen molar-refractivity contribution in [2.45, 2.75) is 26.9 Å². The number of benzene rings is 2. The second kappa shape index (κ2) is 8.54. The summed E-state index contributed by atoms with van der Waals surface area (Å²) in [5.74, 6) is -1.96. The lowest BCUT2D eigenvalue weighted by atomic mass is 10.1. The number of carbonyl (C=O) groups is 3. The molecule has 0 fully saturated rings. The number of hydrogen-bond donors (Lipinski definition) is 1. The van der Waals surface area contributed by atoms with Gasteiger partial charge < -0.3 is 10.1 Å². The molecule has 0 unspecified atom stereocenters. The van der Waals surface area contributed by atoms with Crippen LogP contribution in [0.15, 0.2) is 53.2 Å². The fraction of sp³-hybridized carbons (Fsp3) is 0.190. The molecule has 0 aromatic heterocycles. The van der Waals surface area contributed by atoms with Crippen LogP contribution in [0, 0.1) is 10.5 Å². The van der Waals surface area contributed by atoms with E-state index in [9.17, 15) is 14.4 Å². The number of carbonyl (C=O) groups excluding carboxylic acids is 3. The van der Waals surface area contributed by atoms with Crippen LogP contribution < -0.4 is 10.2 Å². The van der Waals surface area contributed by atoms with Gasteiger partial charge in [0.05, 0.1) is 17.4 Å². The number of imide groups is 1. The minimum Gasteiger partial charge on any atom is -0.459 e. The number of nitrogens with one attached hydrogen (secondary N) is 1. The van der Waals surface area contributed by atoms with Crippen molar-refractivity contribution >= 4 is 63.4 Å². The van der Waals surface area contributed by atoms with Gasteiger partial charge in [0, 0.05) is 9.26 Å². The Balaban J connectivity index is 1.96. The molecule has 0 atom stereocenters. The van der Waals surface area contributed by atoms with Crippen molar-refractivity contribution in [3.8, 4) is 0 Å². The van der Waals surface area contributed by atoms with Gasteiger partial charge in [0.1, 0.15) is 10.7 Å². The molecule has 2 amide bonds. The molecule has 0 spiro atoms. The minimum absolute atomic E-state index is 0.0343. The normalized spacial score (nSPS) is 14.1. The highest BCUT2D eigenvalue weighted by atomic mass is 127. The summed E-state index contributed by atoms with van der Waals surface area (Å²) in [5.41, 5.74) is 1.76. The molecule has 150 valence electrons. The van der Waals surface area contributed by atoms with Crippen LogP contribution in [0.5, 0.6) is 0 Å². The Bertz CT molecular complexity index is 1050. The fourth-order valence-electron chi connectivity index (χ4n) is 2.85. The fourth-order valence-corrected chi connectivity index (χ4v) is 3.71. The third-order valence-electron chi connectivity index (χ3n) is 4.18. The predicted octanol–water partition coefficient (Wildman–Crippen LogP) is 4.60. The molecule has 2 aromatic carbocycles. The zero-order valence-electron chi connectivity index (χ0n) is 16.0. The maximum absolute atomic E-state index is 13.1. The first kappa shape index (κ1) is 21.3. The third kappa shape index (κ3) is 4.30. The van der Waals surface area contributed by atoms with Gasteiger partial charge in [0.2, 0.25) is 0 Å². The van der Waals surface area contributed by atoms with Crippen LogP contribution in [0.25, 0.3) is 0 Å². The molecule has 1 N–H and O–H groups in total. The number of amides is 2. The Labute approximate surface area is 187 Å². The second-order valence-corrected chi connectivity index (χ2v) is 8.31. The van der Waals surface area contributed by atoms with Crippen LogP contribution in [0.3, 0.4) is 0 Å². The number of anilines is 2. The van der Waals surface area contributed by atoms with Crippen molar-refractivity contribution in [2.24, 2.45) is 0 Å². The van der Waals surface area contributed by atoms with Gasteiger partial charge in [0.25, 0.3) is 11.8 Å². The van der Waals surface area contributed by atoms with Crippen molar-refractivity contribution in [3.05, 3.63) is 67.9 Å². The first-order chi connectivity index (χ1) is 13.7. The van der Waals surface area contributed by atoms with E-state index in [1.165, 1.54) is 12.1 Å². The third-order valence-corrected chi connectivity index (χ3v) is 5.20. The van der Waals surface area contributed by atoms with Crippen molar-refractivity contribution in [1.82, 2.24) is 0 Å². The van der Waals surface area contributed by atoms with E-state index in [0.717, 1.165) is 14.0 Å². The maximum Gasteiger partial charge on any atom is 0.340 e. The van der Waals surface area contributed by atoms with E-state index < -0.39 is 17.8 Å². The lowest BCUT2D eigenvalue weighted by molar-refractivity contribution is -0.120. The standard InChI is InChI=1S/C21H18ClIN2O4/c1-11(2)29-21(28)14-6-4-5-7-16(14)25-19(26)17(22)18(20(25)27)24-15-9-8-13(23)10-12(15)3/h4-11,24H,1-3H3. The first-order valence-corrected chi connectivity index (χ1v) is 10.3. The molecule has 3 rings (SSSR count). The summed E-state index contributed by atoms with van der Waals surface area (Å²) >= 11 is 8.39. The molecule has 0 saturated heterocycles. The highest BCUT2D eigenvalue weighted by Crippen LogP contribution is 2.33. The first-order valence-electron chi connectivity index (χ1n) is 8.82. The van der Waals surface area contributed by atoms with Gasteiger partial charge in [-0.05, 0) is 79.3 Å². The van der Waals surface area contributed by atoms with Crippen LogP contribution in [0.2, 0.25) is 0 Å². The Morgan fingerprint density at radius 1 is 1.14 bits per heavy atom. The highest BCUT2D eigenvalue weighted by Gasteiger charge is 2.40. The van der Waals surface area contributed by atoms with Crippen LogP contribution >= 0.6 is 34.2 Å². The molecule has 29 heavy (non-hydrogen) atoms. The molecular weight excluding hydrogens is 507 g/mol. The summed E-state index contributed by atoms with van der Waals surface area (Å²) in [7, 11) is 0. The van der Waals surface area contributed by atoms with Crippen molar-refractivity contribution in [3.63, 3.8) is 0 Å². The van der Waals surface area contributed by atoms with E-state index in [4.69, 9.17) is 16.3 Å². The SMILES string of the molecule is Cc1cc(I)ccc1NC1=C(Cl)C(=O)N(c2ccccc2C(=O)OC(C)C)C1=O. The largest absolute Gasteiger partial charge is 0.459 e. The summed E-state index contributed by atoms with van der Waals surface area (Å²) < 4.78 is 6.27. The van der Waals surface area contributed by atoms with E-state index in [1.54, 1.807) is 26.0 Å². The topological polar surface area (TPSA) is 75.7 Å². The quantitative estimate of drug-likeness (QED) is 0.352. The molecule has 6 nitrogen and oxygen atoms in total. The summed E-state index contributed by atoms with van der Waals surface area (Å²) in [6.07, 6.45) is -0.344. The monoisotopic (exact) mass is 524 g/mol. The van der Waals surface area contributed by atoms with Gasteiger partial charge in [-0.15, -0.1) is 0 Å². The van der Waals surface area contributed by atoms with Crippen LogP contribution in [-0.2, 0) is 14.3 Å². The Morgan fingerprint density at radius 2 is 1.83 bits per heavy atom. The summed E-state index contributed by atoms with van der Waals surface area (Å²) in [5, 5.41) is 2.73. The van der Waals surface area contributed by atoms with Gasteiger partial charge in [-0.3, -0.25) is 9.59 Å². The number of para-hydroxylation sites is 1. The smallest absolute Gasteiger partial charge is 0.340 e. The molecule has 2 aromatic rings. The van der Waals surface area contributed by atoms with Crippen molar-refractivity contribution < 1.29 is 19.1 Å². The number of nitrogens with zero attached hydrogens (tertiary/aromatic N) is 1. The average Bonchev–Trinajstić information content (AvgIpc) is 2.86. The number of esters is 1. The Morgan fingerprint density at radius 3 is 2.48 bits per heavy atom. The second-order valence-electron chi connectivity index (χ2n) is 6.69. The number of hydrogen-bond acceptors (Lipinski definition) is 5. The van der Waals surface area contributed by atoms with Gasteiger partial charge in [-0.2, -0.15) is 0 Å². The minimum atomic E-state index is -0.702. The Kier molecular flexibility index (Phi) is 6.28. The van der Waals surface area contributed by atoms with E-state index in [1.807, 2.05) is 25.1 Å². The maximum atomic E-state index is 13.1. The lowest BCUT2D eigenvalue weighted by Gasteiger charge is -2.19. The molecule has 1 heterocycles. The summed E-state index contributed by atoms with van der Waals surface area (Å²) in [6.45, 7) is 5.32. The number of aryl methyl sites for hydroxylation is 1. The van der Waals surface area contributed by atoms with E-state index >= 15 is 0 Å². The predicted molar refractivity (Wildman–Crippen MR) is 120 cm³/mol. The molecule has 0 aliphatic carbocycles. The average molecular weight is 525 g/mol. The molecular formula is C21H18ClIN2O4. The highest BCUT2D eigenvalue weighted by molar-refractivity contribution is 14.1. The number of rotatable bonds is 5. The summed E-state index contributed by atoms with van der Waals surface area (Å²) in [4.78, 5) is 39.2. The Hall–Kier alpha value is -2.39. The van der Waals surface area contributed by atoms with E-state index in [2.05, 4.69) is 27.9 Å². The molecule has 0 saturated carbocycles. The van der Waals surface area contributed by atoms with E-state index in [0.29, 0.717) is 5.69 Å². The van der Waals surface area contributed by atoms with Gasteiger partial charge in [-0.25, -0.2) is 9.69 Å². The van der Waals surface area contributed by atoms with Crippen molar-refractivity contribution in [2.75, 3.05) is 10.2 Å². The van der Waals surface area contributed by atoms with Gasteiger partial charge in [-0.1, -0.05) is 23.7 Å². The van der Waals surface area contributed by atoms with E-state index in [-0.39, 0.29) is 28.1 Å². The zero-order chi connectivity index (χ0) is 21.3. The van der Waals surface area contributed by atoms with Crippen molar-refractivity contribution in [1.29, 1.82) is 0 Å².